The number of aryl methyl sites for hydroxylation is 1. The highest BCUT2D eigenvalue weighted by Crippen LogP contribution is 2.40. The van der Waals surface area contributed by atoms with E-state index < -0.39 is 0 Å². The number of halogens is 1. The quantitative estimate of drug-likeness (QED) is 0.250. The Morgan fingerprint density at radius 1 is 1.03 bits per heavy atom. The molecule has 0 spiro atoms. The van der Waals surface area contributed by atoms with E-state index in [-0.39, 0.29) is 11.7 Å². The zero-order chi connectivity index (χ0) is 25.2. The van der Waals surface area contributed by atoms with Crippen molar-refractivity contribution in [3.8, 4) is 16.9 Å². The lowest BCUT2D eigenvalue weighted by Gasteiger charge is -2.15. The fourth-order valence-corrected chi connectivity index (χ4v) is 4.57. The summed E-state index contributed by atoms with van der Waals surface area (Å²) in [5, 5.41) is 5.93. The fraction of sp³-hybridized carbons (Fsp3) is 0.129. The first-order valence-electron chi connectivity index (χ1n) is 11.9. The second-order valence-electron chi connectivity index (χ2n) is 8.69. The van der Waals surface area contributed by atoms with E-state index in [4.69, 9.17) is 9.15 Å². The van der Waals surface area contributed by atoms with Gasteiger partial charge in [-0.25, -0.2) is 4.39 Å². The van der Waals surface area contributed by atoms with Gasteiger partial charge in [-0.15, -0.1) is 0 Å². The number of carbonyl (C=O) groups is 1. The van der Waals surface area contributed by atoms with E-state index in [1.54, 1.807) is 24.5 Å². The zero-order valence-corrected chi connectivity index (χ0v) is 20.4. The molecule has 0 unspecified atom stereocenters. The third-order valence-electron chi connectivity index (χ3n) is 6.31. The van der Waals surface area contributed by atoms with E-state index in [0.717, 1.165) is 49.7 Å². The van der Waals surface area contributed by atoms with Gasteiger partial charge in [0.15, 0.2) is 0 Å². The predicted octanol–water partition coefficient (Wildman–Crippen LogP) is 8.14. The van der Waals surface area contributed by atoms with Gasteiger partial charge in [0.2, 0.25) is 5.91 Å². The molecule has 1 heterocycles. The van der Waals surface area contributed by atoms with Crippen LogP contribution in [-0.2, 0) is 4.79 Å². The van der Waals surface area contributed by atoms with Crippen LogP contribution in [-0.4, -0.2) is 12.5 Å². The van der Waals surface area contributed by atoms with Crippen molar-refractivity contribution in [1.82, 2.24) is 0 Å². The van der Waals surface area contributed by atoms with Gasteiger partial charge in [-0.2, -0.15) is 0 Å². The van der Waals surface area contributed by atoms with Gasteiger partial charge in [-0.1, -0.05) is 48.5 Å². The molecule has 0 radical (unpaired) electrons. The van der Waals surface area contributed by atoms with Crippen molar-refractivity contribution in [2.75, 3.05) is 11.9 Å². The Bertz CT molecular complexity index is 1610. The van der Waals surface area contributed by atoms with Crippen LogP contribution in [0.25, 0.3) is 38.4 Å². The predicted molar refractivity (Wildman–Crippen MR) is 144 cm³/mol. The van der Waals surface area contributed by atoms with Gasteiger partial charge in [0, 0.05) is 39.2 Å². The number of furan rings is 1. The molecular weight excluding hydrogens is 453 g/mol. The minimum atomic E-state index is -0.293. The molecule has 0 fully saturated rings. The number of amides is 1. The average Bonchev–Trinajstić information content (AvgIpc) is 3.30. The second-order valence-corrected chi connectivity index (χ2v) is 8.69. The van der Waals surface area contributed by atoms with Gasteiger partial charge in [0.1, 0.15) is 17.1 Å². The van der Waals surface area contributed by atoms with Crippen LogP contribution in [0.1, 0.15) is 25.0 Å². The molecule has 0 aliphatic carbocycles. The van der Waals surface area contributed by atoms with Crippen LogP contribution in [0.15, 0.2) is 89.6 Å². The highest BCUT2D eigenvalue weighted by molar-refractivity contribution is 6.09. The normalized spacial score (nSPS) is 11.7. The molecule has 0 saturated heterocycles. The van der Waals surface area contributed by atoms with Crippen molar-refractivity contribution in [3.63, 3.8) is 0 Å². The van der Waals surface area contributed by atoms with Crippen LogP contribution in [0.4, 0.5) is 10.1 Å². The zero-order valence-electron chi connectivity index (χ0n) is 20.4. The van der Waals surface area contributed by atoms with Crippen molar-refractivity contribution in [2.24, 2.45) is 0 Å². The lowest BCUT2D eigenvalue weighted by Crippen LogP contribution is -2.09. The van der Waals surface area contributed by atoms with Gasteiger partial charge < -0.3 is 14.5 Å². The van der Waals surface area contributed by atoms with Gasteiger partial charge in [-0.05, 0) is 61.6 Å². The Labute approximate surface area is 209 Å². The molecule has 0 atom stereocenters. The Hall–Kier alpha value is -4.38. The van der Waals surface area contributed by atoms with Crippen LogP contribution in [0.3, 0.4) is 0 Å². The third kappa shape index (κ3) is 4.36. The number of nitrogens with one attached hydrogen (secondary N) is 1. The summed E-state index contributed by atoms with van der Waals surface area (Å²) in [5.74, 6) is 0.157. The molecular formula is C31H26FNO3. The molecule has 1 amide bonds. The molecule has 4 nitrogen and oxygen atoms in total. The lowest BCUT2D eigenvalue weighted by molar-refractivity contribution is -0.111. The first-order valence-corrected chi connectivity index (χ1v) is 11.9. The van der Waals surface area contributed by atoms with E-state index in [9.17, 15) is 9.18 Å². The number of fused-ring (bicyclic) bond motifs is 2. The summed E-state index contributed by atoms with van der Waals surface area (Å²) >= 11 is 0. The molecule has 5 heteroatoms. The molecule has 4 aromatic carbocycles. The fourth-order valence-electron chi connectivity index (χ4n) is 4.57. The average molecular weight is 480 g/mol. The molecule has 0 bridgehead atoms. The van der Waals surface area contributed by atoms with E-state index >= 15 is 0 Å². The molecule has 0 saturated carbocycles. The summed E-state index contributed by atoms with van der Waals surface area (Å²) in [6.45, 7) is 6.23. The minimum absolute atomic E-state index is 0.227. The molecule has 1 aromatic heterocycles. The van der Waals surface area contributed by atoms with E-state index in [1.807, 2.05) is 69.3 Å². The van der Waals surface area contributed by atoms with Crippen molar-refractivity contribution < 1.29 is 18.3 Å². The van der Waals surface area contributed by atoms with Gasteiger partial charge in [-0.3, -0.25) is 4.79 Å². The Morgan fingerprint density at radius 3 is 2.56 bits per heavy atom. The van der Waals surface area contributed by atoms with E-state index in [0.29, 0.717) is 17.9 Å². The summed E-state index contributed by atoms with van der Waals surface area (Å²) in [6, 6.07) is 22.1. The van der Waals surface area contributed by atoms with Crippen molar-refractivity contribution >= 4 is 38.9 Å². The van der Waals surface area contributed by atoms with E-state index in [1.165, 1.54) is 12.1 Å². The monoisotopic (exact) mass is 479 g/mol. The minimum Gasteiger partial charge on any atom is -0.493 e. The number of anilines is 1. The smallest absolute Gasteiger partial charge is 0.248 e. The molecule has 0 aliphatic rings. The summed E-state index contributed by atoms with van der Waals surface area (Å²) in [6.07, 6.45) is 3.26. The van der Waals surface area contributed by atoms with Crippen molar-refractivity contribution in [3.05, 3.63) is 102 Å². The van der Waals surface area contributed by atoms with E-state index in [2.05, 4.69) is 5.32 Å². The van der Waals surface area contributed by atoms with Gasteiger partial charge in [0.05, 0.1) is 12.9 Å². The van der Waals surface area contributed by atoms with Crippen LogP contribution >= 0.6 is 0 Å². The number of carbonyl (C=O) groups excluding carboxylic acids is 1. The van der Waals surface area contributed by atoms with Crippen LogP contribution in [0.5, 0.6) is 5.75 Å². The summed E-state index contributed by atoms with van der Waals surface area (Å²) in [7, 11) is 0. The summed E-state index contributed by atoms with van der Waals surface area (Å²) < 4.78 is 25.4. The highest BCUT2D eigenvalue weighted by atomic mass is 19.1. The molecule has 180 valence electrons. The van der Waals surface area contributed by atoms with Crippen LogP contribution in [0, 0.1) is 12.7 Å². The number of benzene rings is 4. The van der Waals surface area contributed by atoms with Gasteiger partial charge in [0.25, 0.3) is 0 Å². The standard InChI is InChI=1S/C31H26FNO3/c1-4-35-30-20(3)31-26(27(18-36-31)22-12-14-23(32)15-13-22)17-25(30)19(2)16-29(34)33-28-11-7-9-21-8-5-6-10-24(21)28/h5-18H,4H2,1-3H3,(H,33,34)/b19-16+. The Morgan fingerprint density at radius 2 is 1.78 bits per heavy atom. The summed E-state index contributed by atoms with van der Waals surface area (Å²) in [4.78, 5) is 13.0. The van der Waals surface area contributed by atoms with Crippen molar-refractivity contribution in [1.29, 1.82) is 0 Å². The largest absolute Gasteiger partial charge is 0.493 e. The second kappa shape index (κ2) is 9.70. The van der Waals surface area contributed by atoms with Gasteiger partial charge >= 0.3 is 0 Å². The lowest BCUT2D eigenvalue weighted by atomic mass is 9.96. The van der Waals surface area contributed by atoms with Crippen molar-refractivity contribution in [2.45, 2.75) is 20.8 Å². The first kappa shape index (κ1) is 23.4. The maximum absolute atomic E-state index is 13.5. The maximum Gasteiger partial charge on any atom is 0.248 e. The van der Waals surface area contributed by atoms with Crippen LogP contribution < -0.4 is 10.1 Å². The molecule has 0 aliphatic heterocycles. The first-order chi connectivity index (χ1) is 17.5. The Kier molecular flexibility index (Phi) is 6.30. The number of allylic oxidation sites excluding steroid dienone is 1. The number of rotatable bonds is 6. The third-order valence-corrected chi connectivity index (χ3v) is 6.31. The summed E-state index contributed by atoms with van der Waals surface area (Å²) in [5.41, 5.74) is 5.57. The SMILES string of the molecule is CCOc1c(/C(C)=C/C(=O)Nc2cccc3ccccc23)cc2c(-c3ccc(F)cc3)coc2c1C. The molecule has 5 aromatic rings. The highest BCUT2D eigenvalue weighted by Gasteiger charge is 2.19. The molecule has 5 rings (SSSR count). The Balaban J connectivity index is 1.56. The number of hydrogen-bond donors (Lipinski definition) is 1. The number of ether oxygens (including phenoxy) is 1. The molecule has 1 N–H and O–H groups in total. The number of hydrogen-bond acceptors (Lipinski definition) is 3. The maximum atomic E-state index is 13.5. The molecule has 36 heavy (non-hydrogen) atoms. The topological polar surface area (TPSA) is 51.5 Å². The van der Waals surface area contributed by atoms with Crippen LogP contribution in [0.2, 0.25) is 0 Å².